The summed E-state index contributed by atoms with van der Waals surface area (Å²) < 4.78 is 5.62. The number of rotatable bonds is 9. The molecule has 0 radical (unpaired) electrons. The van der Waals surface area contributed by atoms with E-state index >= 15 is 0 Å². The van der Waals surface area contributed by atoms with E-state index < -0.39 is 12.1 Å². The average molecular weight is 465 g/mol. The first-order valence-corrected chi connectivity index (χ1v) is 12.1. The van der Waals surface area contributed by atoms with Crippen molar-refractivity contribution < 1.29 is 24.2 Å². The van der Waals surface area contributed by atoms with Crippen molar-refractivity contribution in [3.63, 3.8) is 0 Å². The van der Waals surface area contributed by atoms with Crippen LogP contribution in [0.1, 0.15) is 62.5 Å². The standard InChI is InChI=1S/C27H32N2O5/c1-2-7-18(15-25(30)31)28-26(32)17-12-13-19(14-17)29-27(33)34-16-24-22-10-5-3-8-20(22)21-9-4-6-11-23(21)24/h3-6,8-11,17-19,24H,2,7,12-16H2,1H3,(H,28,32)(H,29,33)(H,30,31)/t17-,18-,19+/m1/s1. The molecule has 3 atom stereocenters. The van der Waals surface area contributed by atoms with E-state index in [2.05, 4.69) is 34.9 Å². The summed E-state index contributed by atoms with van der Waals surface area (Å²) in [6.45, 7) is 2.22. The molecular formula is C27H32N2O5. The molecule has 180 valence electrons. The van der Waals surface area contributed by atoms with Crippen molar-refractivity contribution in [2.24, 2.45) is 5.92 Å². The van der Waals surface area contributed by atoms with Gasteiger partial charge in [-0.05, 0) is 47.9 Å². The molecule has 0 spiro atoms. The van der Waals surface area contributed by atoms with Gasteiger partial charge in [0.2, 0.25) is 5.91 Å². The molecule has 4 rings (SSSR count). The molecule has 7 heteroatoms. The number of carbonyl (C=O) groups is 3. The lowest BCUT2D eigenvalue weighted by Gasteiger charge is -2.19. The summed E-state index contributed by atoms with van der Waals surface area (Å²) in [6, 6.07) is 15.9. The van der Waals surface area contributed by atoms with Gasteiger partial charge in [-0.1, -0.05) is 61.9 Å². The lowest BCUT2D eigenvalue weighted by Crippen LogP contribution is -2.40. The number of ether oxygens (including phenoxy) is 1. The molecule has 0 aliphatic heterocycles. The third kappa shape index (κ3) is 5.41. The minimum absolute atomic E-state index is 0.00462. The number of hydrogen-bond donors (Lipinski definition) is 3. The Morgan fingerprint density at radius 1 is 1.03 bits per heavy atom. The molecule has 3 N–H and O–H groups in total. The van der Waals surface area contributed by atoms with Crippen LogP contribution in [0.5, 0.6) is 0 Å². The first-order chi connectivity index (χ1) is 16.5. The fourth-order valence-electron chi connectivity index (χ4n) is 5.26. The maximum atomic E-state index is 12.6. The minimum Gasteiger partial charge on any atom is -0.481 e. The van der Waals surface area contributed by atoms with Crippen molar-refractivity contribution in [2.45, 2.75) is 63.5 Å². The Labute approximate surface area is 199 Å². The fourth-order valence-corrected chi connectivity index (χ4v) is 5.26. The molecule has 0 bridgehead atoms. The van der Waals surface area contributed by atoms with Crippen molar-refractivity contribution in [3.8, 4) is 11.1 Å². The van der Waals surface area contributed by atoms with Crippen LogP contribution in [-0.2, 0) is 14.3 Å². The first kappa shape index (κ1) is 23.8. The molecule has 2 amide bonds. The first-order valence-electron chi connectivity index (χ1n) is 12.1. The number of amides is 2. The minimum atomic E-state index is -0.917. The highest BCUT2D eigenvalue weighted by Gasteiger charge is 2.33. The number of hydrogen-bond acceptors (Lipinski definition) is 4. The summed E-state index contributed by atoms with van der Waals surface area (Å²) in [6.07, 6.45) is 2.77. The Morgan fingerprint density at radius 3 is 2.29 bits per heavy atom. The Kier molecular flexibility index (Phi) is 7.50. The fraction of sp³-hybridized carbons (Fsp3) is 0.444. The van der Waals surface area contributed by atoms with Gasteiger partial charge < -0.3 is 20.5 Å². The van der Waals surface area contributed by atoms with E-state index in [1.54, 1.807) is 0 Å². The van der Waals surface area contributed by atoms with E-state index in [0.29, 0.717) is 25.7 Å². The van der Waals surface area contributed by atoms with E-state index in [4.69, 9.17) is 9.84 Å². The average Bonchev–Trinajstić information content (AvgIpc) is 3.40. The third-order valence-electron chi connectivity index (χ3n) is 6.87. The van der Waals surface area contributed by atoms with Gasteiger partial charge in [-0.25, -0.2) is 4.79 Å². The largest absolute Gasteiger partial charge is 0.481 e. The van der Waals surface area contributed by atoms with Gasteiger partial charge in [-0.2, -0.15) is 0 Å². The predicted octanol–water partition coefficient (Wildman–Crippen LogP) is 4.45. The molecule has 34 heavy (non-hydrogen) atoms. The van der Waals surface area contributed by atoms with Crippen molar-refractivity contribution >= 4 is 18.0 Å². The summed E-state index contributed by atoms with van der Waals surface area (Å²) >= 11 is 0. The molecule has 2 aliphatic carbocycles. The van der Waals surface area contributed by atoms with Crippen LogP contribution in [0.15, 0.2) is 48.5 Å². The summed E-state index contributed by atoms with van der Waals surface area (Å²) in [5.74, 6) is -1.27. The molecule has 7 nitrogen and oxygen atoms in total. The van der Waals surface area contributed by atoms with Crippen molar-refractivity contribution in [3.05, 3.63) is 59.7 Å². The van der Waals surface area contributed by atoms with Crippen LogP contribution >= 0.6 is 0 Å². The zero-order chi connectivity index (χ0) is 24.1. The second-order valence-electron chi connectivity index (χ2n) is 9.27. The van der Waals surface area contributed by atoms with Gasteiger partial charge >= 0.3 is 12.1 Å². The molecule has 2 aromatic carbocycles. The van der Waals surface area contributed by atoms with Crippen LogP contribution < -0.4 is 10.6 Å². The van der Waals surface area contributed by atoms with Crippen molar-refractivity contribution in [1.82, 2.24) is 10.6 Å². The zero-order valence-corrected chi connectivity index (χ0v) is 19.5. The maximum Gasteiger partial charge on any atom is 0.407 e. The van der Waals surface area contributed by atoms with E-state index in [0.717, 1.165) is 17.5 Å². The van der Waals surface area contributed by atoms with Crippen LogP contribution in [0.2, 0.25) is 0 Å². The van der Waals surface area contributed by atoms with Crippen molar-refractivity contribution in [2.75, 3.05) is 6.61 Å². The van der Waals surface area contributed by atoms with Gasteiger partial charge in [-0.3, -0.25) is 9.59 Å². The number of nitrogens with one attached hydrogen (secondary N) is 2. The van der Waals surface area contributed by atoms with Gasteiger partial charge in [0.25, 0.3) is 0 Å². The summed E-state index contributed by atoms with van der Waals surface area (Å²) in [5, 5.41) is 14.8. The van der Waals surface area contributed by atoms with Crippen LogP contribution in [0.4, 0.5) is 4.79 Å². The summed E-state index contributed by atoms with van der Waals surface area (Å²) in [4.78, 5) is 36.2. The highest BCUT2D eigenvalue weighted by Crippen LogP contribution is 2.44. The Bertz CT molecular complexity index is 1010. The predicted molar refractivity (Wildman–Crippen MR) is 128 cm³/mol. The van der Waals surface area contributed by atoms with E-state index in [9.17, 15) is 14.4 Å². The number of aliphatic carboxylic acids is 1. The summed E-state index contributed by atoms with van der Waals surface area (Å²) in [7, 11) is 0. The molecule has 0 saturated heterocycles. The van der Waals surface area contributed by atoms with E-state index in [-0.39, 0.29) is 42.9 Å². The normalized spacial score (nSPS) is 19.7. The van der Waals surface area contributed by atoms with E-state index in [1.807, 2.05) is 31.2 Å². The number of fused-ring (bicyclic) bond motifs is 3. The molecule has 0 unspecified atom stereocenters. The lowest BCUT2D eigenvalue weighted by atomic mass is 9.98. The zero-order valence-electron chi connectivity index (χ0n) is 19.5. The maximum absolute atomic E-state index is 12.6. The second kappa shape index (κ2) is 10.7. The molecular weight excluding hydrogens is 432 g/mol. The molecule has 1 saturated carbocycles. The number of carbonyl (C=O) groups excluding carboxylic acids is 2. The molecule has 2 aliphatic rings. The van der Waals surface area contributed by atoms with E-state index in [1.165, 1.54) is 11.1 Å². The third-order valence-corrected chi connectivity index (χ3v) is 6.87. The highest BCUT2D eigenvalue weighted by molar-refractivity contribution is 5.81. The van der Waals surface area contributed by atoms with Gasteiger partial charge in [0.1, 0.15) is 6.61 Å². The monoisotopic (exact) mass is 464 g/mol. The number of alkyl carbamates (subject to hydrolysis) is 1. The SMILES string of the molecule is CCC[C@H](CC(=O)O)NC(=O)[C@@H]1CC[C@H](NC(=O)OCC2c3ccccc3-c3ccccc32)C1. The Hall–Kier alpha value is -3.35. The van der Waals surface area contributed by atoms with Crippen LogP contribution in [-0.4, -0.2) is 41.8 Å². The number of carboxylic acids is 1. The van der Waals surface area contributed by atoms with Crippen molar-refractivity contribution in [1.29, 1.82) is 0 Å². The van der Waals surface area contributed by atoms with Gasteiger partial charge in [-0.15, -0.1) is 0 Å². The quantitative estimate of drug-likeness (QED) is 0.508. The van der Waals surface area contributed by atoms with Crippen LogP contribution in [0.3, 0.4) is 0 Å². The van der Waals surface area contributed by atoms with Gasteiger partial charge in [0, 0.05) is 23.9 Å². The Morgan fingerprint density at radius 2 is 1.68 bits per heavy atom. The lowest BCUT2D eigenvalue weighted by molar-refractivity contribution is -0.137. The second-order valence-corrected chi connectivity index (χ2v) is 9.27. The molecule has 2 aromatic rings. The molecule has 1 fully saturated rings. The number of carboxylic acid groups (broad SMARTS) is 1. The molecule has 0 aromatic heterocycles. The van der Waals surface area contributed by atoms with Gasteiger partial charge in [0.15, 0.2) is 0 Å². The number of benzene rings is 2. The summed E-state index contributed by atoms with van der Waals surface area (Å²) in [5.41, 5.74) is 4.69. The van der Waals surface area contributed by atoms with Crippen LogP contribution in [0.25, 0.3) is 11.1 Å². The van der Waals surface area contributed by atoms with Crippen LogP contribution in [0, 0.1) is 5.92 Å². The van der Waals surface area contributed by atoms with Gasteiger partial charge in [0.05, 0.1) is 6.42 Å². The highest BCUT2D eigenvalue weighted by atomic mass is 16.5. The Balaban J connectivity index is 1.28. The smallest absolute Gasteiger partial charge is 0.407 e. The topological polar surface area (TPSA) is 105 Å². The molecule has 0 heterocycles.